The average molecular weight is 1600 g/mol. The molecule has 0 spiro atoms. The van der Waals surface area contributed by atoms with Gasteiger partial charge in [0.2, 0.25) is 0 Å². The summed E-state index contributed by atoms with van der Waals surface area (Å²) in [5, 5.41) is 6.01. The molecule has 0 radical (unpaired) electrons. The summed E-state index contributed by atoms with van der Waals surface area (Å²) in [5.74, 6) is 0.915. The van der Waals surface area contributed by atoms with Gasteiger partial charge in [-0.2, -0.15) is 0 Å². The van der Waals surface area contributed by atoms with Crippen LogP contribution in [0.4, 0.5) is 0 Å². The molecule has 0 N–H and O–H groups in total. The second-order valence-corrected chi connectivity index (χ2v) is 35.7. The van der Waals surface area contributed by atoms with Crippen LogP contribution in [-0.2, 0) is 11.1 Å². The molecule has 4 aromatic carbocycles. The van der Waals surface area contributed by atoms with Crippen molar-refractivity contribution in [2.45, 2.75) is 259 Å². The van der Waals surface area contributed by atoms with Crippen molar-refractivity contribution in [2.24, 2.45) is 32.1 Å². The molecule has 11 heterocycles. The Morgan fingerprint density at radius 1 is 0.297 bits per heavy atom. The van der Waals surface area contributed by atoms with Crippen molar-refractivity contribution in [3.63, 3.8) is 0 Å². The first-order chi connectivity index (χ1) is 55.7. The maximum absolute atomic E-state index is 5.19. The summed E-state index contributed by atoms with van der Waals surface area (Å²) in [6.45, 7) is 75.0. The van der Waals surface area contributed by atoms with E-state index in [1.54, 1.807) is 30.9 Å². The molecule has 1 aliphatic heterocycles. The smallest absolute Gasteiger partial charge is 0.138 e. The number of para-hydroxylation sites is 3. The first-order valence-corrected chi connectivity index (χ1v) is 42.3. The third-order valence-electron chi connectivity index (χ3n) is 14.3. The lowest BCUT2D eigenvalue weighted by atomic mass is 9.89. The lowest BCUT2D eigenvalue weighted by Gasteiger charge is -2.24. The fourth-order valence-electron chi connectivity index (χ4n) is 10.6. The largest absolute Gasteiger partial charge is 0.334 e. The fraction of sp³-hybridized carbons (Fsp3) is 0.413. The molecule has 0 saturated carbocycles. The number of fused-ring (bicyclic) bond motifs is 11. The fourth-order valence-corrected chi connectivity index (χ4v) is 10.6. The molecule has 1 aliphatic carbocycles. The molecule has 636 valence electrons. The van der Waals surface area contributed by atoms with E-state index in [0.717, 1.165) is 44.3 Å². The van der Waals surface area contributed by atoms with Crippen molar-refractivity contribution in [1.29, 1.82) is 0 Å². The minimum Gasteiger partial charge on any atom is -0.334 e. The number of nitrogens with zero attached hydrogens (tertiary/aromatic N) is 14. The van der Waals surface area contributed by atoms with Crippen LogP contribution < -0.4 is 0 Å². The molecule has 1 unspecified atom stereocenters. The van der Waals surface area contributed by atoms with Crippen molar-refractivity contribution >= 4 is 82.3 Å². The number of allylic oxidation sites excluding steroid dienone is 3. The molecule has 16 rings (SSSR count). The minimum atomic E-state index is -0.0404. The van der Waals surface area contributed by atoms with Crippen molar-refractivity contribution < 1.29 is 0 Å². The molecule has 0 saturated heterocycles. The van der Waals surface area contributed by atoms with Crippen LogP contribution in [0.15, 0.2) is 280 Å². The Hall–Kier alpha value is -10.7. The molecular weight excluding hydrogens is 1450 g/mol. The van der Waals surface area contributed by atoms with Gasteiger partial charge in [0, 0.05) is 87.9 Å². The van der Waals surface area contributed by atoms with Gasteiger partial charge in [0.25, 0.3) is 0 Å². The molecule has 14 heteroatoms. The highest BCUT2D eigenvalue weighted by atomic mass is 15.1. The Kier molecular flexibility index (Phi) is 47.2. The summed E-state index contributed by atoms with van der Waals surface area (Å²) >= 11 is 0. The van der Waals surface area contributed by atoms with Gasteiger partial charge in [-0.3, -0.25) is 29.5 Å². The summed E-state index contributed by atoms with van der Waals surface area (Å²) < 4.78 is 6.98. The zero-order valence-electron chi connectivity index (χ0n) is 79.2. The Morgan fingerprint density at radius 2 is 0.678 bits per heavy atom. The van der Waals surface area contributed by atoms with E-state index in [1.807, 2.05) is 143 Å². The molecule has 118 heavy (non-hydrogen) atoms. The lowest BCUT2D eigenvalue weighted by molar-refractivity contribution is 0.423. The topological polar surface area (TPSA) is 156 Å². The van der Waals surface area contributed by atoms with Gasteiger partial charge in [-0.1, -0.05) is 310 Å². The van der Waals surface area contributed by atoms with Crippen LogP contribution in [0, 0.1) is 27.1 Å². The predicted octanol–water partition coefficient (Wildman–Crippen LogP) is 30.3. The Bertz CT molecular complexity index is 4730. The Balaban J connectivity index is 0.000000688. The van der Waals surface area contributed by atoms with Crippen molar-refractivity contribution in [3.8, 4) is 5.82 Å². The number of benzene rings is 4. The SMILES string of the molecule is CC.CC.CC.CC.CC.CC(C)(C)C.CC(C)(C)C.CC(C)(C)C.CC(C)(C)C.CC(C)(C)C1=NC2C=CC=CC2=C1.CC(C)(C)n1c2ccccc2c2nc(-n3c4ccccc4c4ncccc43)ccc21.CC(C)(C)n1c2ccccc2c2ncccc21.c1ccc2cnccc2c1.c1ccncc1.c1cncnc1.c1ncncn1. The van der Waals surface area contributed by atoms with E-state index in [4.69, 9.17) is 4.98 Å². The molecule has 14 aromatic rings. The third-order valence-corrected chi connectivity index (χ3v) is 14.3. The number of rotatable bonds is 1. The van der Waals surface area contributed by atoms with Crippen LogP contribution in [0.3, 0.4) is 0 Å². The molecule has 0 fully saturated rings. The number of hydrogen-bond donors (Lipinski definition) is 0. The quantitative estimate of drug-likeness (QED) is 0.155. The highest BCUT2D eigenvalue weighted by Crippen LogP contribution is 2.37. The first kappa shape index (κ1) is 105. The van der Waals surface area contributed by atoms with E-state index in [9.17, 15) is 0 Å². The maximum Gasteiger partial charge on any atom is 0.138 e. The molecule has 2 aliphatic rings. The van der Waals surface area contributed by atoms with Gasteiger partial charge in [-0.05, 0) is 164 Å². The zero-order chi connectivity index (χ0) is 89.5. The molecule has 1 atom stereocenters. The number of aliphatic imine (C=N–C) groups is 1. The van der Waals surface area contributed by atoms with Gasteiger partial charge < -0.3 is 9.13 Å². The zero-order valence-corrected chi connectivity index (χ0v) is 79.2. The highest BCUT2D eigenvalue weighted by Gasteiger charge is 2.26. The van der Waals surface area contributed by atoms with Gasteiger partial charge in [-0.15, -0.1) is 0 Å². The van der Waals surface area contributed by atoms with Gasteiger partial charge in [0.05, 0.1) is 55.7 Å². The second-order valence-electron chi connectivity index (χ2n) is 35.7. The monoisotopic (exact) mass is 1600 g/mol. The van der Waals surface area contributed by atoms with Crippen LogP contribution in [0.5, 0.6) is 0 Å². The predicted molar refractivity (Wildman–Crippen MR) is 519 cm³/mol. The van der Waals surface area contributed by atoms with E-state index in [2.05, 4.69) is 376 Å². The van der Waals surface area contributed by atoms with Gasteiger partial charge >= 0.3 is 0 Å². The van der Waals surface area contributed by atoms with E-state index < -0.39 is 0 Å². The molecular formula is C104H150N14. The molecule has 0 amide bonds. The highest BCUT2D eigenvalue weighted by molar-refractivity contribution is 6.09. The molecule has 0 bridgehead atoms. The van der Waals surface area contributed by atoms with Crippen LogP contribution in [0.25, 0.3) is 82.4 Å². The second kappa shape index (κ2) is 52.9. The van der Waals surface area contributed by atoms with E-state index in [1.165, 1.54) is 74.7 Å². The van der Waals surface area contributed by atoms with Crippen LogP contribution in [0.2, 0.25) is 0 Å². The first-order valence-electron chi connectivity index (χ1n) is 42.3. The summed E-state index contributed by atoms with van der Waals surface area (Å²) in [7, 11) is 0. The van der Waals surface area contributed by atoms with Crippen molar-refractivity contribution in [3.05, 3.63) is 275 Å². The van der Waals surface area contributed by atoms with Crippen LogP contribution in [0.1, 0.15) is 242 Å². The van der Waals surface area contributed by atoms with Gasteiger partial charge in [0.1, 0.15) is 31.1 Å². The van der Waals surface area contributed by atoms with Crippen LogP contribution in [-0.4, -0.2) is 75.3 Å². The summed E-state index contributed by atoms with van der Waals surface area (Å²) in [6, 6.07) is 56.0. The van der Waals surface area contributed by atoms with Gasteiger partial charge in [-0.25, -0.2) is 29.9 Å². The average Bonchev–Trinajstić information content (AvgIpc) is 1.58. The standard InChI is InChI=1S/C26H22N4.C15H16N2.C12H15N.C9H7N.C5H5N.4C5H12.C4H4N2.C3H3N3.5C2H6/c1-26(2,3)30-20-12-7-5-10-18(20)25-22(30)14-15-23(28-25)29-19-11-6-4-9-17(19)24-21(29)13-8-16-27-24;1-15(2,3)17-12-8-5-4-7-11(12)14-13(17)9-6-10-16-14;1-12(2,3)11-8-9-6-4-5-7-10(9)13-11;1-2-4-9-7-10-6-5-8(9)3-1;1-2-4-6-5-3-1;4*1-5(2,3)4;1-2-5-4-6-3-1;1-4-2-6-3-5-1;5*1-2/h4-16H,1-3H3;4-10H,1-3H3;4-8,10H,1-3H3;1-7H;1-5H;4*1-4H3;1-4H;1-3H;5*1-2H3. The van der Waals surface area contributed by atoms with E-state index >= 15 is 0 Å². The third kappa shape index (κ3) is 39.5. The number of hydrogen-bond acceptors (Lipinski definition) is 11. The molecule has 14 nitrogen and oxygen atoms in total. The normalized spacial score (nSPS) is 12.1. The minimum absolute atomic E-state index is 0.0404. The summed E-state index contributed by atoms with van der Waals surface area (Å²) in [4.78, 5) is 44.9. The van der Waals surface area contributed by atoms with Crippen LogP contribution >= 0.6 is 0 Å². The summed E-state index contributed by atoms with van der Waals surface area (Å²) in [5.41, 5.74) is 14.9. The van der Waals surface area contributed by atoms with Crippen molar-refractivity contribution in [1.82, 2.24) is 63.5 Å². The summed E-state index contributed by atoms with van der Waals surface area (Å²) in [6.07, 6.45) is 30.7. The van der Waals surface area contributed by atoms with E-state index in [0.29, 0.717) is 27.7 Å². The van der Waals surface area contributed by atoms with Gasteiger partial charge in [0.15, 0.2) is 0 Å². The number of pyridine rings is 5. The van der Waals surface area contributed by atoms with Crippen molar-refractivity contribution in [2.75, 3.05) is 0 Å². The number of aromatic nitrogens is 13. The molecule has 10 aromatic heterocycles. The van der Waals surface area contributed by atoms with E-state index in [-0.39, 0.29) is 16.5 Å². The Labute approximate surface area is 713 Å². The maximum atomic E-state index is 5.19. The lowest BCUT2D eigenvalue weighted by Crippen LogP contribution is -2.21. The Morgan fingerprint density at radius 3 is 1.07 bits per heavy atom.